The first-order chi connectivity index (χ1) is 11.0. The highest BCUT2D eigenvalue weighted by Crippen LogP contribution is 2.27. The Morgan fingerprint density at radius 1 is 1.29 bits per heavy atom. The van der Waals surface area contributed by atoms with Crippen LogP contribution in [0.25, 0.3) is 0 Å². The van der Waals surface area contributed by atoms with Gasteiger partial charge in [0.1, 0.15) is 0 Å². The summed E-state index contributed by atoms with van der Waals surface area (Å²) in [5.74, 6) is -1.13. The van der Waals surface area contributed by atoms with E-state index in [0.717, 1.165) is 6.26 Å². The van der Waals surface area contributed by atoms with Crippen LogP contribution in [0.2, 0.25) is 0 Å². The van der Waals surface area contributed by atoms with Gasteiger partial charge >= 0.3 is 0 Å². The largest absolute Gasteiger partial charge is 0.370 e. The third-order valence-electron chi connectivity index (χ3n) is 3.57. The number of guanidine groups is 1. The average molecular weight is 374 g/mol. The molecule has 9 heteroatoms. The highest BCUT2D eigenvalue weighted by molar-refractivity contribution is 7.92. The number of sulfone groups is 1. The van der Waals surface area contributed by atoms with Gasteiger partial charge < -0.3 is 11.5 Å². The van der Waals surface area contributed by atoms with Crippen LogP contribution in [-0.2, 0) is 27.1 Å². The summed E-state index contributed by atoms with van der Waals surface area (Å²) in [5, 5.41) is -0.213. The number of nitrogens with zero attached hydrogens (tertiary/aromatic N) is 1. The van der Waals surface area contributed by atoms with Gasteiger partial charge in [-0.1, -0.05) is 20.8 Å². The van der Waals surface area contributed by atoms with Gasteiger partial charge in [0.15, 0.2) is 15.8 Å². The summed E-state index contributed by atoms with van der Waals surface area (Å²) < 4.78 is 36.9. The monoisotopic (exact) mass is 373 g/mol. The number of amides is 1. The Morgan fingerprint density at radius 3 is 2.29 bits per heavy atom. The van der Waals surface area contributed by atoms with Crippen molar-refractivity contribution >= 4 is 32.5 Å². The minimum absolute atomic E-state index is 0.0937. The number of hydrogen-bond acceptors (Lipinski definition) is 4. The Hall–Kier alpha value is -1.74. The number of rotatable bonds is 6. The molecule has 1 amide bonds. The van der Waals surface area contributed by atoms with E-state index in [0.29, 0.717) is 18.4 Å². The van der Waals surface area contributed by atoms with Crippen molar-refractivity contribution in [2.24, 2.45) is 16.5 Å². The van der Waals surface area contributed by atoms with Gasteiger partial charge in [0.2, 0.25) is 0 Å². The van der Waals surface area contributed by atoms with Crippen molar-refractivity contribution in [3.8, 4) is 0 Å². The highest BCUT2D eigenvalue weighted by Gasteiger charge is 2.25. The topological polar surface area (TPSA) is 133 Å². The molecule has 0 aliphatic rings. The molecule has 24 heavy (non-hydrogen) atoms. The molecule has 7 nitrogen and oxygen atoms in total. The normalized spacial score (nSPS) is 14.0. The number of carbonyl (C=O) groups excluding carboxylic acids is 1. The van der Waals surface area contributed by atoms with Gasteiger partial charge in [-0.15, -0.1) is 0 Å². The molecule has 0 aliphatic carbocycles. The van der Waals surface area contributed by atoms with E-state index in [-0.39, 0.29) is 20.6 Å². The molecule has 4 N–H and O–H groups in total. The smallest absolute Gasteiger partial charge is 0.280 e. The summed E-state index contributed by atoms with van der Waals surface area (Å²) in [6.07, 6.45) is 2.09. The molecule has 0 fully saturated rings. The molecule has 0 aromatic heterocycles. The third kappa shape index (κ3) is 4.64. The first kappa shape index (κ1) is 20.3. The zero-order chi connectivity index (χ0) is 18.7. The lowest BCUT2D eigenvalue weighted by Gasteiger charge is -2.16. The number of aliphatic imine (C=N–C) groups is 1. The fourth-order valence-electron chi connectivity index (χ4n) is 2.09. The Bertz CT molecular complexity index is 797. The standard InChI is InChI=1S/C15H23N3O4S2/c1-5-9(3)23(20)12-7-10(6-2)11(14(19)18-15(16)17)8-13(12)24(4,21)22/h7-9H,5-6H2,1-4H3,(H4,16,17,18,19). The van der Waals surface area contributed by atoms with Crippen molar-refractivity contribution in [1.29, 1.82) is 0 Å². The maximum Gasteiger partial charge on any atom is 0.280 e. The molecule has 0 spiro atoms. The second kappa shape index (κ2) is 7.89. The lowest BCUT2D eigenvalue weighted by molar-refractivity contribution is 0.100. The van der Waals surface area contributed by atoms with Crippen LogP contribution in [0.15, 0.2) is 26.9 Å². The van der Waals surface area contributed by atoms with Crippen LogP contribution in [0.5, 0.6) is 0 Å². The molecule has 0 aliphatic heterocycles. The molecule has 2 unspecified atom stereocenters. The van der Waals surface area contributed by atoms with Crippen LogP contribution in [0, 0.1) is 0 Å². The third-order valence-corrected chi connectivity index (χ3v) is 6.67. The van der Waals surface area contributed by atoms with E-state index in [1.165, 1.54) is 12.1 Å². The predicted octanol–water partition coefficient (Wildman–Crippen LogP) is 0.972. The fourth-order valence-corrected chi connectivity index (χ4v) is 4.79. The van der Waals surface area contributed by atoms with E-state index in [4.69, 9.17) is 11.5 Å². The lowest BCUT2D eigenvalue weighted by atomic mass is 10.0. The van der Waals surface area contributed by atoms with Crippen molar-refractivity contribution < 1.29 is 17.4 Å². The predicted molar refractivity (Wildman–Crippen MR) is 95.2 cm³/mol. The second-order valence-electron chi connectivity index (χ2n) is 5.44. The van der Waals surface area contributed by atoms with E-state index < -0.39 is 32.5 Å². The quantitative estimate of drug-likeness (QED) is 0.564. The summed E-state index contributed by atoms with van der Waals surface area (Å²) in [5.41, 5.74) is 11.1. The number of benzene rings is 1. The molecular weight excluding hydrogens is 350 g/mol. The first-order valence-electron chi connectivity index (χ1n) is 7.44. The molecule has 0 radical (unpaired) electrons. The van der Waals surface area contributed by atoms with Crippen LogP contribution >= 0.6 is 0 Å². The number of carbonyl (C=O) groups is 1. The first-order valence-corrected chi connectivity index (χ1v) is 10.5. The zero-order valence-corrected chi connectivity index (χ0v) is 15.8. The Kier molecular flexibility index (Phi) is 6.67. The van der Waals surface area contributed by atoms with Gasteiger partial charge in [-0.2, -0.15) is 4.99 Å². The van der Waals surface area contributed by atoms with E-state index >= 15 is 0 Å². The van der Waals surface area contributed by atoms with E-state index in [2.05, 4.69) is 4.99 Å². The van der Waals surface area contributed by atoms with Gasteiger partial charge in [-0.3, -0.25) is 9.00 Å². The molecule has 0 saturated carbocycles. The molecule has 1 rings (SSSR count). The molecule has 1 aromatic carbocycles. The van der Waals surface area contributed by atoms with Crippen molar-refractivity contribution in [2.75, 3.05) is 6.26 Å². The molecule has 0 bridgehead atoms. The molecular formula is C15H23N3O4S2. The minimum atomic E-state index is -3.69. The fraction of sp³-hybridized carbons (Fsp3) is 0.467. The Morgan fingerprint density at radius 2 is 1.88 bits per heavy atom. The summed E-state index contributed by atoms with van der Waals surface area (Å²) >= 11 is 0. The van der Waals surface area contributed by atoms with Crippen LogP contribution in [-0.4, -0.2) is 36.0 Å². The minimum Gasteiger partial charge on any atom is -0.370 e. The highest BCUT2D eigenvalue weighted by atomic mass is 32.2. The Labute approximate surface area is 144 Å². The van der Waals surface area contributed by atoms with E-state index in [9.17, 15) is 17.4 Å². The van der Waals surface area contributed by atoms with Gasteiger partial charge in [-0.25, -0.2) is 8.42 Å². The second-order valence-corrected chi connectivity index (χ2v) is 9.26. The maximum atomic E-state index is 12.7. The number of aryl methyl sites for hydroxylation is 1. The van der Waals surface area contributed by atoms with Gasteiger partial charge in [0, 0.05) is 17.1 Å². The van der Waals surface area contributed by atoms with E-state index in [1.54, 1.807) is 13.8 Å². The van der Waals surface area contributed by atoms with E-state index in [1.807, 2.05) is 6.92 Å². The van der Waals surface area contributed by atoms with Gasteiger partial charge in [0.25, 0.3) is 5.91 Å². The molecule has 0 saturated heterocycles. The van der Waals surface area contributed by atoms with Crippen molar-refractivity contribution in [3.63, 3.8) is 0 Å². The van der Waals surface area contributed by atoms with Gasteiger partial charge in [-0.05, 0) is 30.5 Å². The SMILES string of the molecule is CCc1cc(S(=O)C(C)CC)c(S(C)(=O)=O)cc1C(=O)N=C(N)N. The van der Waals surface area contributed by atoms with Crippen LogP contribution in [0.1, 0.15) is 43.1 Å². The molecule has 134 valence electrons. The average Bonchev–Trinajstić information content (AvgIpc) is 2.50. The zero-order valence-electron chi connectivity index (χ0n) is 14.2. The van der Waals surface area contributed by atoms with Crippen LogP contribution in [0.4, 0.5) is 0 Å². The summed E-state index contributed by atoms with van der Waals surface area (Å²) in [4.78, 5) is 15.7. The van der Waals surface area contributed by atoms with Crippen LogP contribution < -0.4 is 11.5 Å². The Balaban J connectivity index is 3.73. The van der Waals surface area contributed by atoms with Crippen molar-refractivity contribution in [1.82, 2.24) is 0 Å². The van der Waals surface area contributed by atoms with Crippen molar-refractivity contribution in [3.05, 3.63) is 23.3 Å². The summed E-state index contributed by atoms with van der Waals surface area (Å²) in [6.45, 7) is 5.46. The van der Waals surface area contributed by atoms with Crippen LogP contribution in [0.3, 0.4) is 0 Å². The maximum absolute atomic E-state index is 12.7. The number of nitrogens with two attached hydrogens (primary N) is 2. The number of hydrogen-bond donors (Lipinski definition) is 2. The van der Waals surface area contributed by atoms with Gasteiger partial charge in [0.05, 0.1) is 20.6 Å². The molecule has 1 aromatic rings. The molecule has 2 atom stereocenters. The lowest BCUT2D eigenvalue weighted by Crippen LogP contribution is -2.24. The summed E-state index contributed by atoms with van der Waals surface area (Å²) in [7, 11) is -5.19. The summed E-state index contributed by atoms with van der Waals surface area (Å²) in [6, 6.07) is 2.73. The van der Waals surface area contributed by atoms with Crippen molar-refractivity contribution in [2.45, 2.75) is 48.7 Å². The molecule has 0 heterocycles.